The average molecular weight is 418 g/mol. The number of carbonyl (C=O) groups excluding carboxylic acids is 1. The Morgan fingerprint density at radius 1 is 1.03 bits per heavy atom. The summed E-state index contributed by atoms with van der Waals surface area (Å²) in [6.45, 7) is 4.60. The maximum atomic E-state index is 12.5. The third-order valence-corrected chi connectivity index (χ3v) is 6.50. The van der Waals surface area contributed by atoms with Crippen molar-refractivity contribution >= 4 is 21.6 Å². The van der Waals surface area contributed by atoms with E-state index in [1.807, 2.05) is 31.2 Å². The lowest BCUT2D eigenvalue weighted by atomic mass is 10.2. The summed E-state index contributed by atoms with van der Waals surface area (Å²) >= 11 is 0. The minimum absolute atomic E-state index is 0.0451. The van der Waals surface area contributed by atoms with Crippen LogP contribution < -0.4 is 14.4 Å². The van der Waals surface area contributed by atoms with Crippen molar-refractivity contribution in [2.75, 3.05) is 44.7 Å². The Bertz CT molecular complexity index is 937. The fraction of sp³-hybridized carbons (Fsp3) is 0.381. The van der Waals surface area contributed by atoms with Crippen LogP contribution in [0.2, 0.25) is 0 Å². The first-order valence-electron chi connectivity index (χ1n) is 9.63. The summed E-state index contributed by atoms with van der Waals surface area (Å²) in [7, 11) is -1.95. The summed E-state index contributed by atoms with van der Waals surface area (Å²) in [5, 5.41) is 0. The molecule has 8 heteroatoms. The molecule has 1 aliphatic rings. The van der Waals surface area contributed by atoms with Gasteiger partial charge >= 0.3 is 0 Å². The molecule has 0 aromatic heterocycles. The predicted octanol–water partition coefficient (Wildman–Crippen LogP) is 2.02. The fourth-order valence-electron chi connectivity index (χ4n) is 3.34. The SMILES string of the molecule is COc1ccccc1N1CCN(C(=O)CCNS(=O)(=O)c2ccc(C)cc2)CC1. The second-order valence-corrected chi connectivity index (χ2v) is 8.77. The molecule has 1 N–H and O–H groups in total. The highest BCUT2D eigenvalue weighted by Crippen LogP contribution is 2.28. The molecule has 0 spiro atoms. The van der Waals surface area contributed by atoms with Gasteiger partial charge in [0.2, 0.25) is 15.9 Å². The van der Waals surface area contributed by atoms with Gasteiger partial charge in [0, 0.05) is 39.1 Å². The maximum absolute atomic E-state index is 12.5. The zero-order valence-electron chi connectivity index (χ0n) is 16.8. The molecule has 1 saturated heterocycles. The average Bonchev–Trinajstić information content (AvgIpc) is 2.74. The molecule has 1 fully saturated rings. The standard InChI is InChI=1S/C21H27N3O4S/c1-17-7-9-18(10-8-17)29(26,27)22-12-11-21(25)24-15-13-23(14-16-24)19-5-3-4-6-20(19)28-2/h3-10,22H,11-16H2,1-2H3. The van der Waals surface area contributed by atoms with Crippen molar-refractivity contribution in [3.63, 3.8) is 0 Å². The quantitative estimate of drug-likeness (QED) is 0.746. The lowest BCUT2D eigenvalue weighted by molar-refractivity contribution is -0.131. The molecule has 0 unspecified atom stereocenters. The number of piperazine rings is 1. The Kier molecular flexibility index (Phi) is 6.76. The van der Waals surface area contributed by atoms with Gasteiger partial charge in [0.25, 0.3) is 0 Å². The van der Waals surface area contributed by atoms with Crippen LogP contribution in [0.5, 0.6) is 5.75 Å². The number of nitrogens with one attached hydrogen (secondary N) is 1. The van der Waals surface area contributed by atoms with Crippen LogP contribution in [0.15, 0.2) is 53.4 Å². The number of rotatable bonds is 7. The molecule has 1 amide bonds. The van der Waals surface area contributed by atoms with Crippen LogP contribution in [0.1, 0.15) is 12.0 Å². The molecule has 1 heterocycles. The van der Waals surface area contributed by atoms with Gasteiger partial charge in [0.05, 0.1) is 17.7 Å². The van der Waals surface area contributed by atoms with Gasteiger partial charge in [0.1, 0.15) is 5.75 Å². The largest absolute Gasteiger partial charge is 0.495 e. The molecular formula is C21H27N3O4S. The fourth-order valence-corrected chi connectivity index (χ4v) is 4.37. The van der Waals surface area contributed by atoms with Crippen molar-refractivity contribution in [2.45, 2.75) is 18.2 Å². The van der Waals surface area contributed by atoms with Crippen molar-refractivity contribution in [3.8, 4) is 5.75 Å². The number of hydrogen-bond donors (Lipinski definition) is 1. The van der Waals surface area contributed by atoms with E-state index in [-0.39, 0.29) is 23.8 Å². The highest BCUT2D eigenvalue weighted by atomic mass is 32.2. The first kappa shape index (κ1) is 21.1. The van der Waals surface area contributed by atoms with Crippen LogP contribution in [0, 0.1) is 6.92 Å². The molecule has 2 aromatic carbocycles. The molecule has 0 atom stereocenters. The van der Waals surface area contributed by atoms with E-state index in [2.05, 4.69) is 9.62 Å². The van der Waals surface area contributed by atoms with Crippen LogP contribution in [0.4, 0.5) is 5.69 Å². The number of carbonyl (C=O) groups is 1. The van der Waals surface area contributed by atoms with E-state index in [1.165, 1.54) is 0 Å². The van der Waals surface area contributed by atoms with Crippen LogP contribution in [0.3, 0.4) is 0 Å². The Morgan fingerprint density at radius 2 is 1.69 bits per heavy atom. The van der Waals surface area contributed by atoms with E-state index in [0.717, 1.165) is 17.0 Å². The number of sulfonamides is 1. The lowest BCUT2D eigenvalue weighted by Crippen LogP contribution is -2.49. The van der Waals surface area contributed by atoms with Gasteiger partial charge in [0.15, 0.2) is 0 Å². The van der Waals surface area contributed by atoms with E-state index in [4.69, 9.17) is 4.74 Å². The van der Waals surface area contributed by atoms with Gasteiger partial charge in [-0.3, -0.25) is 4.79 Å². The van der Waals surface area contributed by atoms with Crippen molar-refractivity contribution < 1.29 is 17.9 Å². The Labute approximate surface area is 172 Å². The molecule has 0 saturated carbocycles. The molecule has 0 bridgehead atoms. The van der Waals surface area contributed by atoms with Gasteiger partial charge in [-0.2, -0.15) is 0 Å². The maximum Gasteiger partial charge on any atom is 0.240 e. The van der Waals surface area contributed by atoms with Crippen LogP contribution in [-0.2, 0) is 14.8 Å². The van der Waals surface area contributed by atoms with Crippen molar-refractivity contribution in [1.29, 1.82) is 0 Å². The number of methoxy groups -OCH3 is 1. The second-order valence-electron chi connectivity index (χ2n) is 7.00. The van der Waals surface area contributed by atoms with E-state index in [1.54, 1.807) is 36.3 Å². The second kappa shape index (κ2) is 9.28. The minimum Gasteiger partial charge on any atom is -0.495 e. The topological polar surface area (TPSA) is 79.0 Å². The number of nitrogens with zero attached hydrogens (tertiary/aromatic N) is 2. The molecule has 3 rings (SSSR count). The van der Waals surface area contributed by atoms with Gasteiger partial charge < -0.3 is 14.5 Å². The first-order valence-corrected chi connectivity index (χ1v) is 11.1. The Balaban J connectivity index is 1.48. The molecule has 156 valence electrons. The lowest BCUT2D eigenvalue weighted by Gasteiger charge is -2.36. The summed E-state index contributed by atoms with van der Waals surface area (Å²) < 4.78 is 32.5. The van der Waals surface area contributed by atoms with Gasteiger partial charge in [-0.25, -0.2) is 13.1 Å². The summed E-state index contributed by atoms with van der Waals surface area (Å²) in [5.41, 5.74) is 2.01. The van der Waals surface area contributed by atoms with Gasteiger partial charge in [-0.05, 0) is 31.2 Å². The molecule has 0 radical (unpaired) electrons. The third-order valence-electron chi connectivity index (χ3n) is 5.02. The number of amides is 1. The number of hydrogen-bond acceptors (Lipinski definition) is 5. The molecule has 2 aromatic rings. The summed E-state index contributed by atoms with van der Waals surface area (Å²) in [4.78, 5) is 16.7. The molecule has 29 heavy (non-hydrogen) atoms. The van der Waals surface area contributed by atoms with Crippen molar-refractivity contribution in [1.82, 2.24) is 9.62 Å². The first-order chi connectivity index (χ1) is 13.9. The third kappa shape index (κ3) is 5.27. The zero-order chi connectivity index (χ0) is 20.9. The highest BCUT2D eigenvalue weighted by molar-refractivity contribution is 7.89. The summed E-state index contributed by atoms with van der Waals surface area (Å²) in [6.07, 6.45) is 0.139. The van der Waals surface area contributed by atoms with E-state index in [0.29, 0.717) is 26.2 Å². The molecule has 1 aliphatic heterocycles. The highest BCUT2D eigenvalue weighted by Gasteiger charge is 2.23. The predicted molar refractivity (Wildman–Crippen MR) is 113 cm³/mol. The van der Waals surface area contributed by atoms with E-state index in [9.17, 15) is 13.2 Å². The monoisotopic (exact) mass is 417 g/mol. The molecule has 0 aliphatic carbocycles. The number of benzene rings is 2. The summed E-state index contributed by atoms with van der Waals surface area (Å²) in [6, 6.07) is 14.5. The molecule has 7 nitrogen and oxygen atoms in total. The van der Waals surface area contributed by atoms with Crippen molar-refractivity contribution in [2.24, 2.45) is 0 Å². The van der Waals surface area contributed by atoms with E-state index >= 15 is 0 Å². The zero-order valence-corrected chi connectivity index (χ0v) is 17.6. The minimum atomic E-state index is -3.60. The molecular weight excluding hydrogens is 390 g/mol. The van der Waals surface area contributed by atoms with E-state index < -0.39 is 10.0 Å². The summed E-state index contributed by atoms with van der Waals surface area (Å²) in [5.74, 6) is 0.772. The van der Waals surface area contributed by atoms with Crippen LogP contribution in [-0.4, -0.2) is 59.1 Å². The van der Waals surface area contributed by atoms with Crippen LogP contribution >= 0.6 is 0 Å². The van der Waals surface area contributed by atoms with Gasteiger partial charge in [-0.1, -0.05) is 29.8 Å². The number of para-hydroxylation sites is 2. The number of anilines is 1. The van der Waals surface area contributed by atoms with Crippen LogP contribution in [0.25, 0.3) is 0 Å². The van der Waals surface area contributed by atoms with Crippen molar-refractivity contribution in [3.05, 3.63) is 54.1 Å². The van der Waals surface area contributed by atoms with Gasteiger partial charge in [-0.15, -0.1) is 0 Å². The Morgan fingerprint density at radius 3 is 2.34 bits per heavy atom. The number of ether oxygens (including phenoxy) is 1. The normalized spacial score (nSPS) is 14.7. The Hall–Kier alpha value is -2.58. The smallest absolute Gasteiger partial charge is 0.240 e. The number of aryl methyl sites for hydroxylation is 1.